The molecule has 1 N–H and O–H groups in total. The zero-order valence-electron chi connectivity index (χ0n) is 25.0. The summed E-state index contributed by atoms with van der Waals surface area (Å²) in [4.78, 5) is 30.2. The van der Waals surface area contributed by atoms with Gasteiger partial charge in [-0.1, -0.05) is 38.1 Å². The molecule has 0 saturated carbocycles. The zero-order chi connectivity index (χ0) is 30.0. The van der Waals surface area contributed by atoms with Crippen molar-refractivity contribution >= 4 is 23.1 Å². The molecule has 3 aromatic carbocycles. The summed E-state index contributed by atoms with van der Waals surface area (Å²) in [6, 6.07) is 18.6. The maximum absolute atomic E-state index is 14.3. The van der Waals surface area contributed by atoms with E-state index in [0.717, 1.165) is 22.7 Å². The fourth-order valence-electron chi connectivity index (χ4n) is 6.00. The van der Waals surface area contributed by atoms with E-state index in [2.05, 4.69) is 5.32 Å². The first-order valence-corrected chi connectivity index (χ1v) is 14.2. The van der Waals surface area contributed by atoms with E-state index in [1.165, 1.54) is 0 Å². The molecule has 8 heteroatoms. The van der Waals surface area contributed by atoms with Gasteiger partial charge in [-0.2, -0.15) is 0 Å². The van der Waals surface area contributed by atoms with E-state index in [0.29, 0.717) is 53.3 Å². The van der Waals surface area contributed by atoms with E-state index < -0.39 is 6.04 Å². The minimum absolute atomic E-state index is 0.0153. The number of rotatable bonds is 8. The number of fused-ring (bicyclic) bond motifs is 1. The molecule has 0 fully saturated rings. The molecule has 1 aliphatic heterocycles. The SMILES string of the molecule is COc1ccc(C2CC(=O)C3=C(C2)Nc2ccccc2N(C(=O)CC(C)C)C3c2cc(OC)c(OC)c(OC)c2)cc1. The average Bonchev–Trinajstić information content (AvgIpc) is 3.14. The largest absolute Gasteiger partial charge is 0.497 e. The molecule has 0 radical (unpaired) electrons. The molecular formula is C34H38N2O6. The van der Waals surface area contributed by atoms with E-state index in [-0.39, 0.29) is 23.5 Å². The minimum Gasteiger partial charge on any atom is -0.497 e. The van der Waals surface area contributed by atoms with Gasteiger partial charge in [0.15, 0.2) is 17.3 Å². The Morgan fingerprint density at radius 2 is 1.55 bits per heavy atom. The summed E-state index contributed by atoms with van der Waals surface area (Å²) in [6.45, 7) is 4.04. The number of carbonyl (C=O) groups is 2. The van der Waals surface area contributed by atoms with Crippen molar-refractivity contribution in [3.05, 3.63) is 83.1 Å². The highest BCUT2D eigenvalue weighted by molar-refractivity contribution is 6.06. The number of methoxy groups -OCH3 is 4. The Hall–Kier alpha value is -4.46. The van der Waals surface area contributed by atoms with E-state index in [4.69, 9.17) is 18.9 Å². The molecular weight excluding hydrogens is 532 g/mol. The van der Waals surface area contributed by atoms with Crippen LogP contribution in [0, 0.1) is 5.92 Å². The first kappa shape index (κ1) is 29.0. The van der Waals surface area contributed by atoms with Crippen molar-refractivity contribution in [2.24, 2.45) is 5.92 Å². The second-order valence-corrected chi connectivity index (χ2v) is 11.1. The number of hydrogen-bond donors (Lipinski definition) is 1. The van der Waals surface area contributed by atoms with Crippen LogP contribution in [0.5, 0.6) is 23.0 Å². The highest BCUT2D eigenvalue weighted by Crippen LogP contribution is 2.50. The van der Waals surface area contributed by atoms with E-state index in [9.17, 15) is 9.59 Å². The summed E-state index contributed by atoms with van der Waals surface area (Å²) in [5.74, 6) is 2.13. The lowest BCUT2D eigenvalue weighted by Gasteiger charge is -2.36. The number of hydrogen-bond acceptors (Lipinski definition) is 7. The number of allylic oxidation sites excluding steroid dienone is 1. The number of nitrogens with zero attached hydrogens (tertiary/aromatic N) is 1. The lowest BCUT2D eigenvalue weighted by atomic mass is 9.78. The smallest absolute Gasteiger partial charge is 0.228 e. The first-order chi connectivity index (χ1) is 20.3. The summed E-state index contributed by atoms with van der Waals surface area (Å²) in [5.41, 5.74) is 4.63. The number of carbonyl (C=O) groups excluding carboxylic acids is 2. The quantitative estimate of drug-likeness (QED) is 0.324. The summed E-state index contributed by atoms with van der Waals surface area (Å²) in [7, 11) is 6.30. The van der Waals surface area contributed by atoms with E-state index in [1.807, 2.05) is 74.5 Å². The van der Waals surface area contributed by atoms with Crippen molar-refractivity contribution in [1.29, 1.82) is 0 Å². The molecule has 2 aliphatic rings. The van der Waals surface area contributed by atoms with Crippen molar-refractivity contribution in [1.82, 2.24) is 0 Å². The van der Waals surface area contributed by atoms with Gasteiger partial charge >= 0.3 is 0 Å². The van der Waals surface area contributed by atoms with Gasteiger partial charge in [-0.3, -0.25) is 14.5 Å². The molecule has 42 heavy (non-hydrogen) atoms. The highest BCUT2D eigenvalue weighted by Gasteiger charge is 2.42. The number of ketones is 1. The van der Waals surface area contributed by atoms with Gasteiger partial charge in [0.1, 0.15) is 5.75 Å². The van der Waals surface area contributed by atoms with Gasteiger partial charge in [0.2, 0.25) is 11.7 Å². The first-order valence-electron chi connectivity index (χ1n) is 14.2. The van der Waals surface area contributed by atoms with Crippen LogP contribution in [0.15, 0.2) is 71.9 Å². The van der Waals surface area contributed by atoms with Crippen LogP contribution in [0.3, 0.4) is 0 Å². The maximum Gasteiger partial charge on any atom is 0.228 e. The summed E-state index contributed by atoms with van der Waals surface area (Å²) < 4.78 is 22.3. The van der Waals surface area contributed by atoms with E-state index in [1.54, 1.807) is 33.3 Å². The highest BCUT2D eigenvalue weighted by atomic mass is 16.5. The maximum atomic E-state index is 14.3. The Morgan fingerprint density at radius 1 is 0.881 bits per heavy atom. The third kappa shape index (κ3) is 5.41. The van der Waals surface area contributed by atoms with Gasteiger partial charge in [-0.25, -0.2) is 0 Å². The molecule has 0 spiro atoms. The molecule has 0 aromatic heterocycles. The molecule has 220 valence electrons. The number of amides is 1. The van der Waals surface area contributed by atoms with Gasteiger partial charge in [0.05, 0.1) is 45.9 Å². The number of benzene rings is 3. The Morgan fingerprint density at radius 3 is 2.14 bits per heavy atom. The second-order valence-electron chi connectivity index (χ2n) is 11.1. The summed E-state index contributed by atoms with van der Waals surface area (Å²) in [5, 5.41) is 3.58. The van der Waals surface area contributed by atoms with Crippen LogP contribution in [-0.2, 0) is 9.59 Å². The topological polar surface area (TPSA) is 86.3 Å². The molecule has 1 heterocycles. The predicted octanol–water partition coefficient (Wildman–Crippen LogP) is 6.67. The monoisotopic (exact) mass is 570 g/mol. The number of ether oxygens (including phenoxy) is 4. The van der Waals surface area contributed by atoms with E-state index >= 15 is 0 Å². The second kappa shape index (κ2) is 12.2. The van der Waals surface area contributed by atoms with Crippen LogP contribution in [0.4, 0.5) is 11.4 Å². The summed E-state index contributed by atoms with van der Waals surface area (Å²) in [6.07, 6.45) is 1.24. The molecule has 2 atom stereocenters. The predicted molar refractivity (Wildman–Crippen MR) is 163 cm³/mol. The average molecular weight is 571 g/mol. The molecule has 1 amide bonds. The Bertz CT molecular complexity index is 1490. The third-order valence-corrected chi connectivity index (χ3v) is 7.93. The zero-order valence-corrected chi connectivity index (χ0v) is 25.0. The number of para-hydroxylation sites is 2. The molecule has 8 nitrogen and oxygen atoms in total. The van der Waals surface area contributed by atoms with Crippen molar-refractivity contribution in [2.75, 3.05) is 38.7 Å². The lowest BCUT2D eigenvalue weighted by Crippen LogP contribution is -2.39. The number of anilines is 2. The fraction of sp³-hybridized carbons (Fsp3) is 0.353. The van der Waals surface area contributed by atoms with Crippen molar-refractivity contribution in [3.8, 4) is 23.0 Å². The van der Waals surface area contributed by atoms with Gasteiger partial charge < -0.3 is 24.3 Å². The molecule has 3 aromatic rings. The van der Waals surface area contributed by atoms with Gasteiger partial charge in [-0.15, -0.1) is 0 Å². The van der Waals surface area contributed by atoms with Crippen LogP contribution in [-0.4, -0.2) is 40.1 Å². The van der Waals surface area contributed by atoms with Crippen molar-refractivity contribution < 1.29 is 28.5 Å². The Balaban J connectivity index is 1.74. The van der Waals surface area contributed by atoms with Crippen molar-refractivity contribution in [3.63, 3.8) is 0 Å². The fourth-order valence-corrected chi connectivity index (χ4v) is 6.00. The molecule has 1 aliphatic carbocycles. The van der Waals surface area contributed by atoms with Gasteiger partial charge in [0.25, 0.3) is 0 Å². The molecule has 2 unspecified atom stereocenters. The van der Waals surface area contributed by atoms with Gasteiger partial charge in [-0.05, 0) is 65.8 Å². The molecule has 0 saturated heterocycles. The Kier molecular flexibility index (Phi) is 8.43. The van der Waals surface area contributed by atoms with Gasteiger partial charge in [0, 0.05) is 24.1 Å². The van der Waals surface area contributed by atoms with Crippen molar-refractivity contribution in [2.45, 2.75) is 45.1 Å². The number of Topliss-reactive ketones (excluding diaryl/α,β-unsaturated/α-hetero) is 1. The number of nitrogens with one attached hydrogen (secondary N) is 1. The van der Waals surface area contributed by atoms with Crippen LogP contribution in [0.2, 0.25) is 0 Å². The molecule has 0 bridgehead atoms. The lowest BCUT2D eigenvalue weighted by molar-refractivity contribution is -0.119. The van der Waals surface area contributed by atoms with Crippen LogP contribution in [0.1, 0.15) is 56.2 Å². The normalized spacial score (nSPS) is 18.1. The molecule has 5 rings (SSSR count). The Labute approximate surface area is 247 Å². The van der Waals surface area contributed by atoms with Crippen LogP contribution >= 0.6 is 0 Å². The standard InChI is InChI=1S/C34H38N2O6/c1-20(2)15-31(38)36-27-10-8-7-9-25(27)35-26-16-22(21-11-13-24(39-3)14-12-21)17-28(37)32(26)33(36)23-18-29(40-4)34(42-6)30(19-23)41-5/h7-14,18-20,22,33,35H,15-17H2,1-6H3. The minimum atomic E-state index is -0.708. The summed E-state index contributed by atoms with van der Waals surface area (Å²) >= 11 is 0. The third-order valence-electron chi connectivity index (χ3n) is 7.93. The van der Waals surface area contributed by atoms with Crippen LogP contribution in [0.25, 0.3) is 0 Å². The van der Waals surface area contributed by atoms with Crippen LogP contribution < -0.4 is 29.2 Å².